The first kappa shape index (κ1) is 33.4. The highest BCUT2D eigenvalue weighted by atomic mass is 35.5. The zero-order valence-corrected chi connectivity index (χ0v) is 26.6. The molecule has 2 fully saturated rings. The van der Waals surface area contributed by atoms with Gasteiger partial charge in [0.2, 0.25) is 0 Å². The third-order valence-corrected chi connectivity index (χ3v) is 8.17. The van der Waals surface area contributed by atoms with E-state index in [1.807, 2.05) is 50.4 Å². The van der Waals surface area contributed by atoms with Crippen molar-refractivity contribution in [1.82, 2.24) is 19.4 Å². The Morgan fingerprint density at radius 3 is 2.45 bits per heavy atom. The molecule has 2 saturated heterocycles. The molecule has 10 heteroatoms. The summed E-state index contributed by atoms with van der Waals surface area (Å²) in [4.78, 5) is 11.8. The van der Waals surface area contributed by atoms with Crippen LogP contribution in [0.4, 0.5) is 4.39 Å². The number of piperidine rings is 1. The minimum absolute atomic E-state index is 0.0522. The smallest absolute Gasteiger partial charge is 0.144 e. The molecule has 0 unspecified atom stereocenters. The Morgan fingerprint density at radius 1 is 1.11 bits per heavy atom. The standard InChI is InChI=1S/C30H32ClFN4O2.C3H6O.CH5N/c1-19-4-9-29(24(31)14-19)38-18-23-6-7-25(32)27(33-23)15-21-10-12-36(13-11-21)17-30-34-26-8-5-22(20(2)37)16-28(26)35(30)3;1-2-4-3-1;1-2/h4-9,14,16,21,37H,2,10-13,15,17-18H2,1,3H3;1-3H2;2H2,1H3. The summed E-state index contributed by atoms with van der Waals surface area (Å²) in [5.41, 5.74) is 9.31. The van der Waals surface area contributed by atoms with Gasteiger partial charge in [-0.3, -0.25) is 9.88 Å². The van der Waals surface area contributed by atoms with E-state index in [0.29, 0.717) is 40.1 Å². The van der Waals surface area contributed by atoms with E-state index in [-0.39, 0.29) is 18.2 Å². The lowest BCUT2D eigenvalue weighted by Gasteiger charge is -2.31. The average molecular weight is 624 g/mol. The van der Waals surface area contributed by atoms with Crippen molar-refractivity contribution in [1.29, 1.82) is 0 Å². The molecule has 8 nitrogen and oxygen atoms in total. The van der Waals surface area contributed by atoms with Gasteiger partial charge in [0.1, 0.15) is 29.8 Å². The number of halogens is 2. The number of pyridine rings is 1. The van der Waals surface area contributed by atoms with Crippen LogP contribution in [-0.4, -0.2) is 57.9 Å². The second-order valence-corrected chi connectivity index (χ2v) is 11.5. The maximum atomic E-state index is 14.6. The largest absolute Gasteiger partial charge is 0.508 e. The molecule has 0 radical (unpaired) electrons. The van der Waals surface area contributed by atoms with E-state index in [1.165, 1.54) is 19.5 Å². The van der Waals surface area contributed by atoms with Crippen LogP contribution in [0.15, 0.2) is 55.1 Å². The summed E-state index contributed by atoms with van der Waals surface area (Å²) < 4.78 is 27.2. The van der Waals surface area contributed by atoms with Gasteiger partial charge < -0.3 is 24.9 Å². The van der Waals surface area contributed by atoms with Gasteiger partial charge in [-0.1, -0.05) is 24.2 Å². The van der Waals surface area contributed by atoms with E-state index in [0.717, 1.165) is 68.1 Å². The van der Waals surface area contributed by atoms with Gasteiger partial charge in [-0.2, -0.15) is 0 Å². The fourth-order valence-corrected chi connectivity index (χ4v) is 5.44. The molecule has 44 heavy (non-hydrogen) atoms. The van der Waals surface area contributed by atoms with Crippen LogP contribution < -0.4 is 10.5 Å². The normalized spacial score (nSPS) is 15.0. The molecule has 236 valence electrons. The predicted molar refractivity (Wildman–Crippen MR) is 174 cm³/mol. The zero-order valence-electron chi connectivity index (χ0n) is 25.9. The van der Waals surface area contributed by atoms with E-state index in [2.05, 4.69) is 26.8 Å². The summed E-state index contributed by atoms with van der Waals surface area (Å²) in [6.07, 6.45) is 3.83. The van der Waals surface area contributed by atoms with Crippen molar-refractivity contribution in [2.45, 2.75) is 45.8 Å². The molecule has 0 saturated carbocycles. The topological polar surface area (TPSA) is 98.7 Å². The number of aryl methyl sites for hydroxylation is 2. The first-order chi connectivity index (χ1) is 21.3. The fourth-order valence-electron chi connectivity index (χ4n) is 5.15. The molecule has 0 aliphatic carbocycles. The Bertz CT molecular complexity index is 1540. The lowest BCUT2D eigenvalue weighted by molar-refractivity contribution is 0.0367. The average Bonchev–Trinajstić information content (AvgIpc) is 3.29. The van der Waals surface area contributed by atoms with Crippen LogP contribution in [0.3, 0.4) is 0 Å². The SMILES string of the molecule is C1COC1.C=C(O)c1ccc2nc(CN3CCC(Cc4nc(COc5ccc(C)cc5Cl)ccc4F)CC3)n(C)c2c1.CN. The predicted octanol–water partition coefficient (Wildman–Crippen LogP) is 6.61. The Balaban J connectivity index is 0.000000670. The van der Waals surface area contributed by atoms with Crippen molar-refractivity contribution in [2.75, 3.05) is 33.4 Å². The summed E-state index contributed by atoms with van der Waals surface area (Å²) in [7, 11) is 3.50. The number of likely N-dealkylation sites (tertiary alicyclic amines) is 1. The Kier molecular flexibility index (Phi) is 12.1. The second-order valence-electron chi connectivity index (χ2n) is 11.1. The van der Waals surface area contributed by atoms with Crippen molar-refractivity contribution < 1.29 is 19.0 Å². The van der Waals surface area contributed by atoms with Crippen molar-refractivity contribution in [2.24, 2.45) is 18.7 Å². The van der Waals surface area contributed by atoms with E-state index >= 15 is 0 Å². The number of hydrogen-bond acceptors (Lipinski definition) is 7. The first-order valence-corrected chi connectivity index (χ1v) is 15.4. The minimum atomic E-state index is -0.269. The van der Waals surface area contributed by atoms with Crippen LogP contribution >= 0.6 is 11.6 Å². The molecular formula is C34H43ClFN5O3. The highest BCUT2D eigenvalue weighted by molar-refractivity contribution is 6.32. The molecule has 2 aliphatic heterocycles. The number of benzene rings is 2. The molecule has 0 bridgehead atoms. The van der Waals surface area contributed by atoms with Gasteiger partial charge in [-0.05, 0) is 107 Å². The molecule has 0 amide bonds. The number of hydrogen-bond donors (Lipinski definition) is 2. The second kappa shape index (κ2) is 16.0. The Morgan fingerprint density at radius 2 is 1.82 bits per heavy atom. The zero-order chi connectivity index (χ0) is 31.6. The molecular weight excluding hydrogens is 581 g/mol. The number of rotatable bonds is 8. The van der Waals surface area contributed by atoms with E-state index in [9.17, 15) is 9.50 Å². The van der Waals surface area contributed by atoms with Crippen molar-refractivity contribution in [3.8, 4) is 5.75 Å². The summed E-state index contributed by atoms with van der Waals surface area (Å²) >= 11 is 6.26. The first-order valence-electron chi connectivity index (χ1n) is 15.0. The minimum Gasteiger partial charge on any atom is -0.508 e. The van der Waals surface area contributed by atoms with Crippen LogP contribution in [0.2, 0.25) is 5.02 Å². The fraction of sp³-hybridized carbons (Fsp3) is 0.412. The third-order valence-electron chi connectivity index (χ3n) is 7.88. The van der Waals surface area contributed by atoms with E-state index in [1.54, 1.807) is 6.07 Å². The number of nitrogens with two attached hydrogens (primary N) is 1. The molecule has 3 N–H and O–H groups in total. The third kappa shape index (κ3) is 8.79. The van der Waals surface area contributed by atoms with Gasteiger partial charge >= 0.3 is 0 Å². The number of imidazole rings is 1. The van der Waals surface area contributed by atoms with E-state index in [4.69, 9.17) is 26.1 Å². The van der Waals surface area contributed by atoms with Crippen molar-refractivity contribution in [3.63, 3.8) is 0 Å². The van der Waals surface area contributed by atoms with Crippen molar-refractivity contribution >= 4 is 28.4 Å². The number of fused-ring (bicyclic) bond motifs is 1. The number of nitrogens with zero attached hydrogens (tertiary/aromatic N) is 4. The Labute approximate surface area is 264 Å². The van der Waals surface area contributed by atoms with Gasteiger partial charge in [0.15, 0.2) is 0 Å². The Hall–Kier alpha value is -3.50. The summed E-state index contributed by atoms with van der Waals surface area (Å²) in [5.74, 6) is 1.73. The molecule has 6 rings (SSSR count). The van der Waals surface area contributed by atoms with Gasteiger partial charge in [-0.25, -0.2) is 9.37 Å². The van der Waals surface area contributed by atoms with Gasteiger partial charge in [0.05, 0.1) is 34.0 Å². The summed E-state index contributed by atoms with van der Waals surface area (Å²) in [6, 6.07) is 14.4. The number of aliphatic hydroxyl groups excluding tert-OH is 1. The summed E-state index contributed by atoms with van der Waals surface area (Å²) in [6.45, 7) is 10.4. The molecule has 2 aliphatic rings. The molecule has 2 aromatic heterocycles. The lowest BCUT2D eigenvalue weighted by Crippen LogP contribution is -2.34. The van der Waals surface area contributed by atoms with Gasteiger partial charge in [0.25, 0.3) is 0 Å². The number of aliphatic hydroxyl groups is 1. The van der Waals surface area contributed by atoms with Crippen LogP contribution in [0.1, 0.15) is 47.6 Å². The maximum absolute atomic E-state index is 14.6. The molecule has 0 atom stereocenters. The molecule has 0 spiro atoms. The molecule has 2 aromatic carbocycles. The van der Waals surface area contributed by atoms with E-state index < -0.39 is 0 Å². The van der Waals surface area contributed by atoms with Crippen LogP contribution in [0.5, 0.6) is 5.75 Å². The monoisotopic (exact) mass is 623 g/mol. The van der Waals surface area contributed by atoms with Gasteiger partial charge in [-0.15, -0.1) is 0 Å². The molecule has 4 aromatic rings. The lowest BCUT2D eigenvalue weighted by atomic mass is 9.91. The number of ether oxygens (including phenoxy) is 2. The highest BCUT2D eigenvalue weighted by Crippen LogP contribution is 2.27. The number of aromatic nitrogens is 3. The van der Waals surface area contributed by atoms with Crippen LogP contribution in [0, 0.1) is 18.7 Å². The van der Waals surface area contributed by atoms with Crippen LogP contribution in [-0.2, 0) is 31.4 Å². The van der Waals surface area contributed by atoms with Crippen molar-refractivity contribution in [3.05, 3.63) is 94.3 Å². The summed E-state index contributed by atoms with van der Waals surface area (Å²) in [5, 5.41) is 10.3. The quantitative estimate of drug-likeness (QED) is 0.213. The van der Waals surface area contributed by atoms with Gasteiger partial charge in [0, 0.05) is 25.8 Å². The maximum Gasteiger partial charge on any atom is 0.144 e. The molecule has 4 heterocycles. The highest BCUT2D eigenvalue weighted by Gasteiger charge is 2.23. The van der Waals surface area contributed by atoms with Crippen LogP contribution in [0.25, 0.3) is 16.8 Å².